The van der Waals surface area contributed by atoms with Crippen molar-refractivity contribution in [1.82, 2.24) is 4.57 Å². The van der Waals surface area contributed by atoms with Crippen LogP contribution in [-0.4, -0.2) is 4.57 Å². The minimum atomic E-state index is -0.431. The van der Waals surface area contributed by atoms with E-state index in [2.05, 4.69) is 102 Å². The van der Waals surface area contributed by atoms with Gasteiger partial charge in [0.05, 0.1) is 11.0 Å². The van der Waals surface area contributed by atoms with E-state index in [1.165, 1.54) is 63.9 Å². The molecule has 0 amide bonds. The molecule has 2 heteroatoms. The quantitative estimate of drug-likeness (QED) is 0.259. The van der Waals surface area contributed by atoms with Crippen molar-refractivity contribution in [2.24, 2.45) is 0 Å². The first kappa shape index (κ1) is 18.3. The standard InChI is InChI=1S/C30H24NP/c1-3-11-21(12-4-1)31-27-17-9-7-15-23(27)25-19-26-24-16-8-10-18-29(24)32(30(26)20-28(25)31)22-13-5-2-6-14-22/h1-7,9,11-15,17,19-20H,8,10,16,18H2. The Hall–Kier alpha value is -3.28. The molecule has 2 heterocycles. The molecule has 0 fully saturated rings. The van der Waals surface area contributed by atoms with Crippen LogP contribution in [0, 0.1) is 0 Å². The summed E-state index contributed by atoms with van der Waals surface area (Å²) >= 11 is 0. The second-order valence-corrected chi connectivity index (χ2v) is 11.1. The molecule has 2 aromatic heterocycles. The van der Waals surface area contributed by atoms with Crippen molar-refractivity contribution in [1.29, 1.82) is 0 Å². The van der Waals surface area contributed by atoms with Crippen molar-refractivity contribution in [2.45, 2.75) is 25.7 Å². The van der Waals surface area contributed by atoms with Gasteiger partial charge in [0, 0.05) is 21.6 Å². The zero-order valence-corrected chi connectivity index (χ0v) is 18.9. The largest absolute Gasteiger partial charge is 0.309 e. The lowest BCUT2D eigenvalue weighted by molar-refractivity contribution is 0.700. The molecule has 32 heavy (non-hydrogen) atoms. The lowest BCUT2D eigenvalue weighted by atomic mass is 9.95. The average Bonchev–Trinajstić information content (AvgIpc) is 3.36. The Morgan fingerprint density at radius 2 is 1.31 bits per heavy atom. The second kappa shape index (κ2) is 7.12. The van der Waals surface area contributed by atoms with Crippen LogP contribution in [0.1, 0.15) is 23.7 Å². The van der Waals surface area contributed by atoms with Crippen molar-refractivity contribution in [2.75, 3.05) is 0 Å². The molecule has 0 radical (unpaired) electrons. The summed E-state index contributed by atoms with van der Waals surface area (Å²) in [6.07, 6.45) is 5.14. The molecule has 0 spiro atoms. The maximum Gasteiger partial charge on any atom is 0.0550 e. The Morgan fingerprint density at radius 1 is 0.594 bits per heavy atom. The van der Waals surface area contributed by atoms with Crippen LogP contribution in [0.15, 0.2) is 97.1 Å². The Balaban J connectivity index is 1.66. The van der Waals surface area contributed by atoms with Crippen molar-refractivity contribution >= 4 is 39.8 Å². The number of benzene rings is 4. The molecule has 1 aliphatic carbocycles. The highest BCUT2D eigenvalue weighted by Crippen LogP contribution is 2.56. The van der Waals surface area contributed by atoms with Gasteiger partial charge in [-0.1, -0.05) is 74.3 Å². The number of hydrogen-bond acceptors (Lipinski definition) is 0. The highest BCUT2D eigenvalue weighted by Gasteiger charge is 2.23. The normalized spacial score (nSPS) is 14.3. The van der Waals surface area contributed by atoms with Crippen LogP contribution in [0.3, 0.4) is 0 Å². The van der Waals surface area contributed by atoms with E-state index in [-0.39, 0.29) is 0 Å². The van der Waals surface area contributed by atoms with Crippen molar-refractivity contribution in [3.05, 3.63) is 108 Å². The predicted octanol–water partition coefficient (Wildman–Crippen LogP) is 8.79. The summed E-state index contributed by atoms with van der Waals surface area (Å²) < 4.78 is 2.46. The zero-order valence-electron chi connectivity index (χ0n) is 18.0. The fourth-order valence-electron chi connectivity index (χ4n) is 5.73. The Morgan fingerprint density at radius 3 is 2.16 bits per heavy atom. The fourth-order valence-corrected chi connectivity index (χ4v) is 8.66. The molecule has 0 N–H and O–H groups in total. The number of rotatable bonds is 2. The highest BCUT2D eigenvalue weighted by molar-refractivity contribution is 7.63. The molecule has 6 aromatic rings. The van der Waals surface area contributed by atoms with Crippen LogP contribution in [0.5, 0.6) is 0 Å². The molecule has 1 unspecified atom stereocenters. The summed E-state index contributed by atoms with van der Waals surface area (Å²) in [6.45, 7) is 0. The van der Waals surface area contributed by atoms with Gasteiger partial charge in [0.1, 0.15) is 0 Å². The number of para-hydroxylation sites is 2. The van der Waals surface area contributed by atoms with Crippen LogP contribution in [0.4, 0.5) is 0 Å². The molecule has 0 saturated carbocycles. The molecule has 154 valence electrons. The molecule has 1 atom stereocenters. The van der Waals surface area contributed by atoms with Crippen molar-refractivity contribution in [3.8, 4) is 11.0 Å². The Labute approximate surface area is 189 Å². The molecule has 0 aliphatic heterocycles. The minimum absolute atomic E-state index is 0.431. The number of nitrogens with zero attached hydrogens (tertiary/aromatic N) is 1. The highest BCUT2D eigenvalue weighted by atomic mass is 31.1. The summed E-state index contributed by atoms with van der Waals surface area (Å²) in [5.41, 5.74) is 5.51. The molecular formula is C30H24NP. The first-order valence-corrected chi connectivity index (χ1v) is 12.9. The van der Waals surface area contributed by atoms with E-state index < -0.39 is 7.53 Å². The van der Waals surface area contributed by atoms with Crippen LogP contribution in [0.25, 0.3) is 43.3 Å². The lowest BCUT2D eigenvalue weighted by Crippen LogP contribution is -1.98. The summed E-state index contributed by atoms with van der Waals surface area (Å²) in [4.78, 5) is 0. The van der Waals surface area contributed by atoms with Crippen LogP contribution >= 0.6 is 7.53 Å². The monoisotopic (exact) mass is 429 g/mol. The van der Waals surface area contributed by atoms with E-state index in [0.717, 1.165) is 0 Å². The molecule has 1 aliphatic rings. The van der Waals surface area contributed by atoms with E-state index in [9.17, 15) is 0 Å². The molecule has 0 saturated heterocycles. The number of fused-ring (bicyclic) bond motifs is 6. The van der Waals surface area contributed by atoms with E-state index in [1.54, 1.807) is 16.0 Å². The molecule has 7 rings (SSSR count). The lowest BCUT2D eigenvalue weighted by Gasteiger charge is -2.14. The maximum atomic E-state index is 2.54. The SMILES string of the molecule is c1ccc(-n2c3ccccc3c3cc4c5c(p(-c6ccccc6)c4cc32)CCCC5)cc1. The van der Waals surface area contributed by atoms with Gasteiger partial charge in [-0.25, -0.2) is 0 Å². The molecule has 0 bridgehead atoms. The number of aromatic nitrogens is 1. The molecule has 4 aromatic carbocycles. The van der Waals surface area contributed by atoms with Gasteiger partial charge in [-0.05, 0) is 77.6 Å². The van der Waals surface area contributed by atoms with E-state index in [1.807, 2.05) is 0 Å². The first-order chi connectivity index (χ1) is 15.9. The topological polar surface area (TPSA) is 4.93 Å². The Bertz CT molecular complexity index is 1600. The van der Waals surface area contributed by atoms with E-state index >= 15 is 0 Å². The maximum absolute atomic E-state index is 2.54. The smallest absolute Gasteiger partial charge is 0.0550 e. The van der Waals surface area contributed by atoms with Gasteiger partial charge in [0.15, 0.2) is 0 Å². The number of hydrogen-bond donors (Lipinski definition) is 0. The summed E-state index contributed by atoms with van der Waals surface area (Å²) in [5, 5.41) is 9.05. The number of aryl methyl sites for hydroxylation is 1. The fraction of sp³-hybridized carbons (Fsp3) is 0.133. The van der Waals surface area contributed by atoms with Gasteiger partial charge in [-0.15, -0.1) is 0 Å². The van der Waals surface area contributed by atoms with Gasteiger partial charge >= 0.3 is 0 Å². The summed E-state index contributed by atoms with van der Waals surface area (Å²) in [6, 6.07) is 36.0. The van der Waals surface area contributed by atoms with Crippen LogP contribution < -0.4 is 0 Å². The van der Waals surface area contributed by atoms with E-state index in [4.69, 9.17) is 0 Å². The minimum Gasteiger partial charge on any atom is -0.309 e. The third kappa shape index (κ3) is 2.58. The third-order valence-electron chi connectivity index (χ3n) is 7.09. The Kier molecular flexibility index (Phi) is 4.07. The van der Waals surface area contributed by atoms with E-state index in [0.29, 0.717) is 0 Å². The van der Waals surface area contributed by atoms with Crippen LogP contribution in [0.2, 0.25) is 0 Å². The second-order valence-electron chi connectivity index (χ2n) is 8.88. The van der Waals surface area contributed by atoms with Gasteiger partial charge in [-0.3, -0.25) is 0 Å². The molecular weight excluding hydrogens is 405 g/mol. The van der Waals surface area contributed by atoms with Gasteiger partial charge < -0.3 is 4.57 Å². The van der Waals surface area contributed by atoms with Gasteiger partial charge in [0.25, 0.3) is 0 Å². The summed E-state index contributed by atoms with van der Waals surface area (Å²) in [7, 11) is -0.431. The first-order valence-electron chi connectivity index (χ1n) is 11.6. The predicted molar refractivity (Wildman–Crippen MR) is 139 cm³/mol. The third-order valence-corrected chi connectivity index (χ3v) is 9.79. The van der Waals surface area contributed by atoms with Crippen LogP contribution in [-0.2, 0) is 12.8 Å². The van der Waals surface area contributed by atoms with Crippen molar-refractivity contribution < 1.29 is 0 Å². The van der Waals surface area contributed by atoms with Crippen molar-refractivity contribution in [3.63, 3.8) is 0 Å². The summed E-state index contributed by atoms with van der Waals surface area (Å²) in [5.74, 6) is 0. The molecule has 1 nitrogen and oxygen atoms in total. The van der Waals surface area contributed by atoms with Gasteiger partial charge in [0.2, 0.25) is 0 Å². The van der Waals surface area contributed by atoms with Gasteiger partial charge in [-0.2, -0.15) is 0 Å². The average molecular weight is 430 g/mol. The zero-order chi connectivity index (χ0) is 21.1.